The fourth-order valence-corrected chi connectivity index (χ4v) is 1.78. The third kappa shape index (κ3) is 1.15. The number of aliphatic hydroxyl groups excluding tert-OH is 1. The van der Waals surface area contributed by atoms with Gasteiger partial charge in [-0.25, -0.2) is 0 Å². The van der Waals surface area contributed by atoms with Gasteiger partial charge in [0.2, 0.25) is 0 Å². The molecule has 0 aliphatic carbocycles. The van der Waals surface area contributed by atoms with Gasteiger partial charge in [-0.15, -0.1) is 0 Å². The highest BCUT2D eigenvalue weighted by Gasteiger charge is 2.53. The number of aliphatic hydroxyl groups is 1. The first-order valence-corrected chi connectivity index (χ1v) is 4.19. The van der Waals surface area contributed by atoms with Crippen molar-refractivity contribution in [2.24, 2.45) is 0 Å². The molecule has 0 aromatic rings. The molecule has 2 heterocycles. The first-order valence-electron chi connectivity index (χ1n) is 4.19. The Kier molecular flexibility index (Phi) is 1.70. The van der Waals surface area contributed by atoms with E-state index in [4.69, 9.17) is 14.2 Å². The van der Waals surface area contributed by atoms with Gasteiger partial charge in [-0.2, -0.15) is 0 Å². The van der Waals surface area contributed by atoms with E-state index in [2.05, 4.69) is 0 Å². The average Bonchev–Trinajstić information content (AvgIpc) is 2.34. The lowest BCUT2D eigenvalue weighted by Crippen LogP contribution is -2.29. The van der Waals surface area contributed by atoms with Crippen LogP contribution in [0, 0.1) is 0 Å². The SMILES string of the molecule is C[C@H]1O[C@@H](O)C2OC(C)(C)O[C@@H]21. The van der Waals surface area contributed by atoms with Crippen LogP contribution in [0.3, 0.4) is 0 Å². The standard InChI is InChI=1S/C8H14O4/c1-4-5-6(7(9)10-4)12-8(2,3)11-5/h4-7,9H,1-3H3/t4-,5-,6?,7-/m1/s1. The van der Waals surface area contributed by atoms with Gasteiger partial charge in [0.25, 0.3) is 0 Å². The molecule has 0 spiro atoms. The summed E-state index contributed by atoms with van der Waals surface area (Å²) in [5, 5.41) is 9.37. The molecule has 12 heavy (non-hydrogen) atoms. The Hall–Kier alpha value is -0.160. The molecule has 0 saturated carbocycles. The maximum absolute atomic E-state index is 9.37. The van der Waals surface area contributed by atoms with Crippen molar-refractivity contribution < 1.29 is 19.3 Å². The minimum atomic E-state index is -0.841. The van der Waals surface area contributed by atoms with Crippen molar-refractivity contribution in [3.8, 4) is 0 Å². The highest BCUT2D eigenvalue weighted by Crippen LogP contribution is 2.37. The monoisotopic (exact) mass is 174 g/mol. The van der Waals surface area contributed by atoms with Crippen molar-refractivity contribution in [1.82, 2.24) is 0 Å². The van der Waals surface area contributed by atoms with Gasteiger partial charge in [0, 0.05) is 0 Å². The second-order valence-electron chi connectivity index (χ2n) is 3.80. The van der Waals surface area contributed by atoms with E-state index in [-0.39, 0.29) is 18.3 Å². The summed E-state index contributed by atoms with van der Waals surface area (Å²) in [5.41, 5.74) is 0. The lowest BCUT2D eigenvalue weighted by molar-refractivity contribution is -0.217. The van der Waals surface area contributed by atoms with E-state index in [9.17, 15) is 5.11 Å². The second-order valence-corrected chi connectivity index (χ2v) is 3.80. The van der Waals surface area contributed by atoms with Gasteiger partial charge < -0.3 is 19.3 Å². The molecule has 2 aliphatic rings. The van der Waals surface area contributed by atoms with Crippen LogP contribution in [0.25, 0.3) is 0 Å². The zero-order chi connectivity index (χ0) is 8.93. The maximum Gasteiger partial charge on any atom is 0.184 e. The van der Waals surface area contributed by atoms with E-state index < -0.39 is 12.1 Å². The van der Waals surface area contributed by atoms with E-state index in [1.165, 1.54) is 0 Å². The summed E-state index contributed by atoms with van der Waals surface area (Å²) in [6.07, 6.45) is -1.39. The number of hydrogen-bond acceptors (Lipinski definition) is 4. The predicted molar refractivity (Wildman–Crippen MR) is 40.4 cm³/mol. The summed E-state index contributed by atoms with van der Waals surface area (Å²) in [4.78, 5) is 0. The van der Waals surface area contributed by atoms with Gasteiger partial charge in [-0.1, -0.05) is 0 Å². The van der Waals surface area contributed by atoms with Crippen LogP contribution in [0.15, 0.2) is 0 Å². The lowest BCUT2D eigenvalue weighted by Gasteiger charge is -2.20. The molecule has 1 unspecified atom stereocenters. The van der Waals surface area contributed by atoms with E-state index in [1.54, 1.807) is 0 Å². The highest BCUT2D eigenvalue weighted by atomic mass is 16.8. The van der Waals surface area contributed by atoms with Gasteiger partial charge in [0.15, 0.2) is 12.1 Å². The molecule has 0 bridgehead atoms. The smallest absolute Gasteiger partial charge is 0.184 e. The Balaban J connectivity index is 2.15. The van der Waals surface area contributed by atoms with Gasteiger partial charge in [0.1, 0.15) is 12.2 Å². The molecule has 4 heteroatoms. The van der Waals surface area contributed by atoms with Crippen molar-refractivity contribution in [1.29, 1.82) is 0 Å². The summed E-state index contributed by atoms with van der Waals surface area (Å²) in [7, 11) is 0. The fourth-order valence-electron chi connectivity index (χ4n) is 1.78. The number of rotatable bonds is 0. The lowest BCUT2D eigenvalue weighted by atomic mass is 10.2. The van der Waals surface area contributed by atoms with Gasteiger partial charge >= 0.3 is 0 Å². The number of hydrogen-bond donors (Lipinski definition) is 1. The van der Waals surface area contributed by atoms with E-state index in [1.807, 2.05) is 20.8 Å². The van der Waals surface area contributed by atoms with Crippen LogP contribution in [0.5, 0.6) is 0 Å². The van der Waals surface area contributed by atoms with Crippen molar-refractivity contribution >= 4 is 0 Å². The molecule has 2 saturated heterocycles. The summed E-state index contributed by atoms with van der Waals surface area (Å²) in [5.74, 6) is -0.589. The fraction of sp³-hybridized carbons (Fsp3) is 1.00. The molecular formula is C8H14O4. The molecule has 0 aromatic heterocycles. The molecule has 2 aliphatic heterocycles. The van der Waals surface area contributed by atoms with E-state index >= 15 is 0 Å². The summed E-state index contributed by atoms with van der Waals surface area (Å²) in [6, 6.07) is 0. The zero-order valence-electron chi connectivity index (χ0n) is 7.48. The second kappa shape index (κ2) is 2.42. The van der Waals surface area contributed by atoms with Crippen LogP contribution >= 0.6 is 0 Å². The molecule has 0 radical (unpaired) electrons. The molecule has 70 valence electrons. The molecule has 4 nitrogen and oxygen atoms in total. The predicted octanol–water partition coefficient (Wildman–Crippen LogP) is 0.244. The molecule has 2 rings (SSSR count). The first-order chi connectivity index (χ1) is 5.49. The van der Waals surface area contributed by atoms with Gasteiger partial charge in [-0.05, 0) is 20.8 Å². The minimum absolute atomic E-state index is 0.0909. The van der Waals surface area contributed by atoms with Gasteiger partial charge in [-0.3, -0.25) is 0 Å². The van der Waals surface area contributed by atoms with Crippen molar-refractivity contribution in [3.63, 3.8) is 0 Å². The maximum atomic E-state index is 9.37. The molecule has 2 fully saturated rings. The molecule has 4 atom stereocenters. The Morgan fingerprint density at radius 2 is 1.75 bits per heavy atom. The van der Waals surface area contributed by atoms with Crippen LogP contribution in [0.1, 0.15) is 20.8 Å². The van der Waals surface area contributed by atoms with Crippen molar-refractivity contribution in [3.05, 3.63) is 0 Å². The zero-order valence-corrected chi connectivity index (χ0v) is 7.48. The quantitative estimate of drug-likeness (QED) is 0.571. The molecule has 0 amide bonds. The summed E-state index contributed by atoms with van der Waals surface area (Å²) in [6.45, 7) is 5.55. The third-order valence-electron chi connectivity index (χ3n) is 2.26. The topological polar surface area (TPSA) is 47.9 Å². The van der Waals surface area contributed by atoms with Crippen LogP contribution in [0.4, 0.5) is 0 Å². The van der Waals surface area contributed by atoms with Crippen LogP contribution in [0.2, 0.25) is 0 Å². The van der Waals surface area contributed by atoms with E-state index in [0.29, 0.717) is 0 Å². The average molecular weight is 174 g/mol. The first kappa shape index (κ1) is 8.44. The minimum Gasteiger partial charge on any atom is -0.366 e. The molecule has 0 aromatic carbocycles. The summed E-state index contributed by atoms with van der Waals surface area (Å²) < 4.78 is 16.1. The molecular weight excluding hydrogens is 160 g/mol. The van der Waals surface area contributed by atoms with Crippen LogP contribution < -0.4 is 0 Å². The highest BCUT2D eigenvalue weighted by molar-refractivity contribution is 4.92. The van der Waals surface area contributed by atoms with E-state index in [0.717, 1.165) is 0 Å². The Bertz CT molecular complexity index is 173. The Morgan fingerprint density at radius 3 is 2.33 bits per heavy atom. The van der Waals surface area contributed by atoms with Crippen LogP contribution in [-0.4, -0.2) is 35.5 Å². The Labute approximate surface area is 71.4 Å². The third-order valence-corrected chi connectivity index (χ3v) is 2.26. The summed E-state index contributed by atoms with van der Waals surface area (Å²) >= 11 is 0. The normalized spacial score (nSPS) is 51.0. The van der Waals surface area contributed by atoms with Crippen molar-refractivity contribution in [2.75, 3.05) is 0 Å². The van der Waals surface area contributed by atoms with Gasteiger partial charge in [0.05, 0.1) is 6.10 Å². The van der Waals surface area contributed by atoms with Crippen LogP contribution in [-0.2, 0) is 14.2 Å². The number of ether oxygens (including phenoxy) is 3. The Morgan fingerprint density at radius 1 is 1.17 bits per heavy atom. The largest absolute Gasteiger partial charge is 0.366 e. The van der Waals surface area contributed by atoms with Crippen molar-refractivity contribution in [2.45, 2.75) is 51.2 Å². The molecule has 1 N–H and O–H groups in total. The number of fused-ring (bicyclic) bond motifs is 1.